The van der Waals surface area contributed by atoms with Gasteiger partial charge in [0.1, 0.15) is 5.56 Å². The lowest BCUT2D eigenvalue weighted by Crippen LogP contribution is -2.30. The van der Waals surface area contributed by atoms with Gasteiger partial charge in [-0.1, -0.05) is 25.5 Å². The van der Waals surface area contributed by atoms with Gasteiger partial charge in [0.05, 0.1) is 10.9 Å². The number of nitrogens with two attached hydrogens (primary N) is 1. The van der Waals surface area contributed by atoms with Crippen LogP contribution in [0.5, 0.6) is 0 Å². The number of aromatic nitrogens is 1. The smallest absolute Gasteiger partial charge is 0.257 e. The van der Waals surface area contributed by atoms with Crippen LogP contribution in [0, 0.1) is 0 Å². The maximum Gasteiger partial charge on any atom is 0.257 e. The van der Waals surface area contributed by atoms with Gasteiger partial charge in [-0.3, -0.25) is 9.59 Å². The lowest BCUT2D eigenvalue weighted by Gasteiger charge is -2.14. The van der Waals surface area contributed by atoms with Crippen LogP contribution in [-0.2, 0) is 6.54 Å². The molecule has 1 aromatic heterocycles. The van der Waals surface area contributed by atoms with Crippen molar-refractivity contribution in [1.82, 2.24) is 9.88 Å². The largest absolute Gasteiger partial charge is 0.398 e. The fraction of sp³-hybridized carbons (Fsp3) is 0.294. The molecule has 0 bridgehead atoms. The molecule has 2 aromatic rings. The number of nitrogens with zero attached hydrogens (tertiary/aromatic N) is 1. The predicted octanol–water partition coefficient (Wildman–Crippen LogP) is 2.30. The molecule has 0 spiro atoms. The molecule has 2 rings (SSSR count). The highest BCUT2D eigenvalue weighted by Crippen LogP contribution is 2.19. The molecule has 5 nitrogen and oxygen atoms in total. The van der Waals surface area contributed by atoms with Crippen molar-refractivity contribution in [3.63, 3.8) is 0 Å². The van der Waals surface area contributed by atoms with Gasteiger partial charge in [-0.2, -0.15) is 0 Å². The average Bonchev–Trinajstić information content (AvgIpc) is 2.52. The topological polar surface area (TPSA) is 77.1 Å². The van der Waals surface area contributed by atoms with E-state index in [2.05, 4.69) is 18.8 Å². The molecule has 1 aromatic carbocycles. The highest BCUT2D eigenvalue weighted by molar-refractivity contribution is 6.00. The number of fused-ring (bicyclic) bond motifs is 1. The summed E-state index contributed by atoms with van der Waals surface area (Å²) in [6.45, 7) is 6.70. The number of benzene rings is 1. The lowest BCUT2D eigenvalue weighted by molar-refractivity contribution is 0.0956. The summed E-state index contributed by atoms with van der Waals surface area (Å²) in [5, 5.41) is 3.05. The molecule has 0 fully saturated rings. The van der Waals surface area contributed by atoms with Gasteiger partial charge < -0.3 is 15.6 Å². The number of pyridine rings is 1. The number of hydrogen-bond donors (Lipinski definition) is 2. The molecule has 0 aliphatic heterocycles. The van der Waals surface area contributed by atoms with Crippen molar-refractivity contribution >= 4 is 22.5 Å². The summed E-state index contributed by atoms with van der Waals surface area (Å²) in [7, 11) is 0. The lowest BCUT2D eigenvalue weighted by atomic mass is 10.1. The molecule has 0 saturated heterocycles. The van der Waals surface area contributed by atoms with Crippen LogP contribution in [0.1, 0.15) is 30.1 Å². The molecule has 1 heterocycles. The second kappa shape index (κ2) is 6.93. The van der Waals surface area contributed by atoms with Crippen molar-refractivity contribution in [2.24, 2.45) is 0 Å². The fourth-order valence-corrected chi connectivity index (χ4v) is 2.40. The van der Waals surface area contributed by atoms with Gasteiger partial charge >= 0.3 is 0 Å². The van der Waals surface area contributed by atoms with Gasteiger partial charge in [0.2, 0.25) is 5.43 Å². The third-order valence-corrected chi connectivity index (χ3v) is 3.54. The number of nitrogens with one attached hydrogen (secondary N) is 1. The minimum Gasteiger partial charge on any atom is -0.398 e. The van der Waals surface area contributed by atoms with E-state index in [1.807, 2.05) is 16.7 Å². The molecular formula is C17H21N3O2. The first-order valence-electron chi connectivity index (χ1n) is 7.40. The van der Waals surface area contributed by atoms with Crippen molar-refractivity contribution in [2.75, 3.05) is 12.3 Å². The first-order chi connectivity index (χ1) is 10.6. The number of amides is 1. The molecule has 3 N–H and O–H groups in total. The Morgan fingerprint density at radius 2 is 2.23 bits per heavy atom. The van der Waals surface area contributed by atoms with Crippen LogP contribution in [0.3, 0.4) is 0 Å². The molecule has 1 amide bonds. The van der Waals surface area contributed by atoms with Crippen LogP contribution in [0.2, 0.25) is 0 Å². The summed E-state index contributed by atoms with van der Waals surface area (Å²) >= 11 is 0. The monoisotopic (exact) mass is 299 g/mol. The van der Waals surface area contributed by atoms with Crippen molar-refractivity contribution in [1.29, 1.82) is 0 Å². The summed E-state index contributed by atoms with van der Waals surface area (Å²) in [5.74, 6) is -0.402. The van der Waals surface area contributed by atoms with Crippen LogP contribution in [0.25, 0.3) is 10.9 Å². The molecule has 116 valence electrons. The van der Waals surface area contributed by atoms with Crippen molar-refractivity contribution in [3.05, 3.63) is 52.8 Å². The summed E-state index contributed by atoms with van der Waals surface area (Å²) in [6.07, 6.45) is 5.18. The molecule has 0 saturated carbocycles. The Hall–Kier alpha value is -2.56. The Kier molecular flexibility index (Phi) is 4.99. The van der Waals surface area contributed by atoms with E-state index >= 15 is 0 Å². The van der Waals surface area contributed by atoms with Gasteiger partial charge in [-0.25, -0.2) is 0 Å². The molecular weight excluding hydrogens is 278 g/mol. The van der Waals surface area contributed by atoms with Crippen molar-refractivity contribution < 1.29 is 4.79 Å². The first-order valence-corrected chi connectivity index (χ1v) is 7.40. The second-order valence-electron chi connectivity index (χ2n) is 5.16. The molecule has 22 heavy (non-hydrogen) atoms. The van der Waals surface area contributed by atoms with Crippen LogP contribution >= 0.6 is 0 Å². The number of carbonyl (C=O) groups excluding carboxylic acids is 1. The van der Waals surface area contributed by atoms with Gasteiger partial charge in [0.25, 0.3) is 5.91 Å². The van der Waals surface area contributed by atoms with E-state index in [1.54, 1.807) is 18.3 Å². The number of anilines is 1. The quantitative estimate of drug-likeness (QED) is 0.634. The maximum absolute atomic E-state index is 12.6. The summed E-state index contributed by atoms with van der Waals surface area (Å²) in [4.78, 5) is 24.8. The van der Waals surface area contributed by atoms with E-state index in [0.29, 0.717) is 17.6 Å². The molecule has 5 heteroatoms. The minimum atomic E-state index is -0.402. The van der Waals surface area contributed by atoms with Crippen LogP contribution in [0.4, 0.5) is 5.69 Å². The van der Waals surface area contributed by atoms with E-state index in [1.165, 1.54) is 0 Å². The number of hydrogen-bond acceptors (Lipinski definition) is 3. The number of nitrogen functional groups attached to an aromatic ring is 1. The Balaban J connectivity index is 2.64. The van der Waals surface area contributed by atoms with Crippen molar-refractivity contribution in [3.8, 4) is 0 Å². The Labute approximate surface area is 129 Å². The number of rotatable bonds is 6. The second-order valence-corrected chi connectivity index (χ2v) is 5.16. The van der Waals surface area contributed by atoms with Gasteiger partial charge in [-0.15, -0.1) is 6.58 Å². The van der Waals surface area contributed by atoms with Crippen molar-refractivity contribution in [2.45, 2.75) is 26.3 Å². The Morgan fingerprint density at radius 3 is 2.91 bits per heavy atom. The minimum absolute atomic E-state index is 0.114. The zero-order chi connectivity index (χ0) is 16.1. The maximum atomic E-state index is 12.6. The van der Waals surface area contributed by atoms with Crippen LogP contribution < -0.4 is 16.5 Å². The summed E-state index contributed by atoms with van der Waals surface area (Å²) in [5.41, 5.74) is 6.90. The number of carbonyl (C=O) groups is 1. The Morgan fingerprint density at radius 1 is 1.45 bits per heavy atom. The first kappa shape index (κ1) is 15.8. The number of unbranched alkanes of at least 4 members (excludes halogenated alkanes) is 1. The zero-order valence-corrected chi connectivity index (χ0v) is 12.8. The molecule has 0 aliphatic rings. The van der Waals surface area contributed by atoms with Gasteiger partial charge in [-0.05, 0) is 18.6 Å². The normalized spacial score (nSPS) is 10.6. The average molecular weight is 299 g/mol. The highest BCUT2D eigenvalue weighted by atomic mass is 16.2. The molecule has 0 unspecified atom stereocenters. The third-order valence-electron chi connectivity index (χ3n) is 3.54. The Bertz CT molecular complexity index is 762. The van der Waals surface area contributed by atoms with E-state index in [4.69, 9.17) is 5.73 Å². The third kappa shape index (κ3) is 3.03. The SMILES string of the molecule is C=CCNC(=O)c1cn(CCCC)c2cccc(N)c2c1=O. The standard InChI is InChI=1S/C17H21N3O2/c1-3-5-10-20-11-12(17(22)19-9-4-2)16(21)15-13(18)7-6-8-14(15)20/h4,6-8,11H,2-3,5,9-10,18H2,1H3,(H,19,22). The fourth-order valence-electron chi connectivity index (χ4n) is 2.40. The zero-order valence-electron chi connectivity index (χ0n) is 12.8. The highest BCUT2D eigenvalue weighted by Gasteiger charge is 2.16. The van der Waals surface area contributed by atoms with Crippen LogP contribution in [0.15, 0.2) is 41.8 Å². The van der Waals surface area contributed by atoms with E-state index in [0.717, 1.165) is 24.9 Å². The van der Waals surface area contributed by atoms with Crippen LogP contribution in [-0.4, -0.2) is 17.0 Å². The predicted molar refractivity (Wildman–Crippen MR) is 90.1 cm³/mol. The van der Waals surface area contributed by atoms with Gasteiger partial charge in [0.15, 0.2) is 0 Å². The summed E-state index contributed by atoms with van der Waals surface area (Å²) < 4.78 is 1.93. The molecule has 0 atom stereocenters. The number of aryl methyl sites for hydroxylation is 1. The van der Waals surface area contributed by atoms with E-state index in [-0.39, 0.29) is 11.0 Å². The summed E-state index contributed by atoms with van der Waals surface area (Å²) in [6, 6.07) is 5.35. The molecule has 0 aliphatic carbocycles. The molecule has 0 radical (unpaired) electrons. The van der Waals surface area contributed by atoms with Gasteiger partial charge in [0, 0.05) is 25.0 Å². The van der Waals surface area contributed by atoms with E-state index < -0.39 is 5.91 Å². The van der Waals surface area contributed by atoms with E-state index in [9.17, 15) is 9.59 Å².